The molecule has 4 aliphatic carbocycles. The minimum absolute atomic E-state index is 0.0790. The monoisotopic (exact) mass is 442 g/mol. The summed E-state index contributed by atoms with van der Waals surface area (Å²) < 4.78 is 10.3. The average molecular weight is 443 g/mol. The second-order valence-corrected chi connectivity index (χ2v) is 11.6. The molecule has 0 aromatic rings. The van der Waals surface area contributed by atoms with Gasteiger partial charge in [-0.25, -0.2) is 0 Å². The van der Waals surface area contributed by atoms with Gasteiger partial charge < -0.3 is 9.47 Å². The quantitative estimate of drug-likeness (QED) is 0.435. The van der Waals surface area contributed by atoms with Gasteiger partial charge in [-0.05, 0) is 103 Å². The van der Waals surface area contributed by atoms with Crippen molar-refractivity contribution in [2.24, 2.45) is 40.4 Å². The standard InChI is InChI=1S/C28H42O4/c1-18(7-6-8-26(30)31-5)23-11-12-24-22-10-9-20-17-21(32-19(2)29)13-15-27(20,3)25(22)14-16-28(23,24)4/h9,17-18,22-25H,6-8,10-16H2,1-5H3/t18-,22?,23-,24?,25?,27+,28-/m1/s1. The zero-order chi connectivity index (χ0) is 23.1. The smallest absolute Gasteiger partial charge is 0.307 e. The Morgan fingerprint density at radius 3 is 2.66 bits per heavy atom. The van der Waals surface area contributed by atoms with E-state index in [1.54, 1.807) is 0 Å². The van der Waals surface area contributed by atoms with Crippen LogP contribution in [0.3, 0.4) is 0 Å². The van der Waals surface area contributed by atoms with Crippen molar-refractivity contribution >= 4 is 11.9 Å². The molecule has 178 valence electrons. The van der Waals surface area contributed by atoms with Crippen molar-refractivity contribution in [3.05, 3.63) is 23.5 Å². The van der Waals surface area contributed by atoms with E-state index in [1.807, 2.05) is 0 Å². The van der Waals surface area contributed by atoms with E-state index in [2.05, 4.69) is 32.9 Å². The van der Waals surface area contributed by atoms with Crippen molar-refractivity contribution in [1.82, 2.24) is 0 Å². The van der Waals surface area contributed by atoms with Crippen molar-refractivity contribution in [3.8, 4) is 0 Å². The number of methoxy groups -OCH3 is 1. The molecule has 2 fully saturated rings. The van der Waals surface area contributed by atoms with Crippen molar-refractivity contribution < 1.29 is 19.1 Å². The number of rotatable bonds is 6. The summed E-state index contributed by atoms with van der Waals surface area (Å²) in [6, 6.07) is 0. The Labute approximate surface area is 194 Å². The number of ether oxygens (including phenoxy) is 2. The number of carbonyl (C=O) groups is 2. The fraction of sp³-hybridized carbons (Fsp3) is 0.786. The van der Waals surface area contributed by atoms with Crippen LogP contribution in [0.2, 0.25) is 0 Å². The molecule has 0 aromatic heterocycles. The zero-order valence-corrected chi connectivity index (χ0v) is 20.7. The van der Waals surface area contributed by atoms with E-state index in [0.29, 0.717) is 17.8 Å². The third-order valence-corrected chi connectivity index (χ3v) is 10.0. The summed E-state index contributed by atoms with van der Waals surface area (Å²) >= 11 is 0. The highest BCUT2D eigenvalue weighted by molar-refractivity contribution is 5.69. The van der Waals surface area contributed by atoms with Crippen LogP contribution in [0.1, 0.15) is 91.9 Å². The van der Waals surface area contributed by atoms with Gasteiger partial charge in [-0.15, -0.1) is 0 Å². The molecule has 0 heterocycles. The first-order valence-electron chi connectivity index (χ1n) is 12.9. The molecule has 3 unspecified atom stereocenters. The second kappa shape index (κ2) is 8.99. The Kier molecular flexibility index (Phi) is 6.62. The summed E-state index contributed by atoms with van der Waals surface area (Å²) in [5.74, 6) is 4.32. The maximum absolute atomic E-state index is 11.5. The highest BCUT2D eigenvalue weighted by Gasteiger charge is 2.58. The van der Waals surface area contributed by atoms with Gasteiger partial charge in [0, 0.05) is 19.8 Å². The average Bonchev–Trinajstić information content (AvgIpc) is 3.10. The molecule has 0 bridgehead atoms. The molecule has 0 radical (unpaired) electrons. The molecule has 4 heteroatoms. The van der Waals surface area contributed by atoms with Crippen molar-refractivity contribution in [1.29, 1.82) is 0 Å². The Bertz CT molecular complexity index is 810. The predicted molar refractivity (Wildman–Crippen MR) is 125 cm³/mol. The molecule has 0 amide bonds. The molecule has 32 heavy (non-hydrogen) atoms. The van der Waals surface area contributed by atoms with Crippen molar-refractivity contribution in [2.75, 3.05) is 7.11 Å². The van der Waals surface area contributed by atoms with Crippen LogP contribution in [0.15, 0.2) is 23.5 Å². The Balaban J connectivity index is 1.48. The zero-order valence-electron chi connectivity index (χ0n) is 20.7. The minimum Gasteiger partial charge on any atom is -0.469 e. The van der Waals surface area contributed by atoms with E-state index < -0.39 is 0 Å². The molecule has 0 spiro atoms. The topological polar surface area (TPSA) is 52.6 Å². The van der Waals surface area contributed by atoms with E-state index in [1.165, 1.54) is 51.7 Å². The SMILES string of the molecule is COC(=O)CCC[C@@H](C)[C@H]1CCC2C3CC=C4C=C(OC(C)=O)CC[C@]4(C)C3CC[C@@]21C. The van der Waals surface area contributed by atoms with Crippen LogP contribution in [-0.4, -0.2) is 19.0 Å². The third-order valence-electron chi connectivity index (χ3n) is 10.0. The van der Waals surface area contributed by atoms with E-state index >= 15 is 0 Å². The van der Waals surface area contributed by atoms with Crippen LogP contribution < -0.4 is 0 Å². The number of esters is 2. The van der Waals surface area contributed by atoms with Crippen LogP contribution in [0.4, 0.5) is 0 Å². The van der Waals surface area contributed by atoms with E-state index in [0.717, 1.165) is 55.1 Å². The number of hydrogen-bond donors (Lipinski definition) is 0. The van der Waals surface area contributed by atoms with E-state index in [4.69, 9.17) is 9.47 Å². The number of fused-ring (bicyclic) bond motifs is 5. The number of carbonyl (C=O) groups excluding carboxylic acids is 2. The second-order valence-electron chi connectivity index (χ2n) is 11.6. The highest BCUT2D eigenvalue weighted by Crippen LogP contribution is 2.67. The van der Waals surface area contributed by atoms with Gasteiger partial charge in [0.15, 0.2) is 0 Å². The third kappa shape index (κ3) is 4.07. The fourth-order valence-corrected chi connectivity index (χ4v) is 8.41. The summed E-state index contributed by atoms with van der Waals surface area (Å²) in [5.41, 5.74) is 2.06. The maximum atomic E-state index is 11.5. The first kappa shape index (κ1) is 23.6. The summed E-state index contributed by atoms with van der Waals surface area (Å²) in [6.45, 7) is 8.98. The van der Waals surface area contributed by atoms with Crippen LogP contribution in [0.5, 0.6) is 0 Å². The van der Waals surface area contributed by atoms with Crippen molar-refractivity contribution in [3.63, 3.8) is 0 Å². The number of allylic oxidation sites excluding steroid dienone is 4. The lowest BCUT2D eigenvalue weighted by Crippen LogP contribution is -2.49. The Hall–Kier alpha value is -1.58. The van der Waals surface area contributed by atoms with Gasteiger partial charge >= 0.3 is 11.9 Å². The fourth-order valence-electron chi connectivity index (χ4n) is 8.41. The van der Waals surface area contributed by atoms with E-state index in [-0.39, 0.29) is 17.4 Å². The van der Waals surface area contributed by atoms with Gasteiger partial charge in [-0.2, -0.15) is 0 Å². The summed E-state index contributed by atoms with van der Waals surface area (Å²) in [4.78, 5) is 23.0. The summed E-state index contributed by atoms with van der Waals surface area (Å²) in [5, 5.41) is 0. The maximum Gasteiger partial charge on any atom is 0.307 e. The van der Waals surface area contributed by atoms with Gasteiger partial charge in [-0.1, -0.05) is 26.8 Å². The number of hydrogen-bond acceptors (Lipinski definition) is 4. The lowest BCUT2D eigenvalue weighted by atomic mass is 9.47. The molecule has 2 saturated carbocycles. The van der Waals surface area contributed by atoms with E-state index in [9.17, 15) is 9.59 Å². The van der Waals surface area contributed by atoms with Crippen LogP contribution >= 0.6 is 0 Å². The first-order valence-corrected chi connectivity index (χ1v) is 12.9. The summed E-state index contributed by atoms with van der Waals surface area (Å²) in [7, 11) is 1.48. The molecule has 4 nitrogen and oxygen atoms in total. The molecule has 0 N–H and O–H groups in total. The lowest BCUT2D eigenvalue weighted by molar-refractivity contribution is -0.141. The molecule has 4 rings (SSSR count). The highest BCUT2D eigenvalue weighted by atomic mass is 16.5. The van der Waals surface area contributed by atoms with Gasteiger partial charge in [0.05, 0.1) is 7.11 Å². The molecular formula is C28H42O4. The molecule has 4 aliphatic rings. The minimum atomic E-state index is -0.208. The largest absolute Gasteiger partial charge is 0.469 e. The Morgan fingerprint density at radius 2 is 1.94 bits per heavy atom. The molecule has 0 saturated heterocycles. The van der Waals surface area contributed by atoms with Crippen LogP contribution in [0.25, 0.3) is 0 Å². The van der Waals surface area contributed by atoms with Gasteiger partial charge in [0.1, 0.15) is 5.76 Å². The molecule has 0 aromatic carbocycles. The molecule has 7 atom stereocenters. The first-order chi connectivity index (χ1) is 15.2. The lowest BCUT2D eigenvalue weighted by Gasteiger charge is -2.57. The van der Waals surface area contributed by atoms with Gasteiger partial charge in [-0.3, -0.25) is 9.59 Å². The molecule has 0 aliphatic heterocycles. The Morgan fingerprint density at radius 1 is 1.16 bits per heavy atom. The van der Waals surface area contributed by atoms with Gasteiger partial charge in [0.25, 0.3) is 0 Å². The molecular weight excluding hydrogens is 400 g/mol. The normalized spacial score (nSPS) is 39.0. The van der Waals surface area contributed by atoms with Crippen molar-refractivity contribution in [2.45, 2.75) is 91.9 Å². The van der Waals surface area contributed by atoms with Crippen LogP contribution in [-0.2, 0) is 19.1 Å². The van der Waals surface area contributed by atoms with Gasteiger partial charge in [0.2, 0.25) is 0 Å². The summed E-state index contributed by atoms with van der Waals surface area (Å²) in [6.07, 6.45) is 15.7. The van der Waals surface area contributed by atoms with Crippen LogP contribution in [0, 0.1) is 40.4 Å². The predicted octanol–water partition coefficient (Wildman–Crippen LogP) is 6.60.